The Bertz CT molecular complexity index is 1150. The van der Waals surface area contributed by atoms with Crippen molar-refractivity contribution < 1.29 is 13.2 Å². The summed E-state index contributed by atoms with van der Waals surface area (Å²) < 4.78 is 23.0. The molecule has 1 heterocycles. The van der Waals surface area contributed by atoms with Crippen LogP contribution in [-0.2, 0) is 29.3 Å². The highest BCUT2D eigenvalue weighted by Gasteiger charge is 2.18. The highest BCUT2D eigenvalue weighted by atomic mass is 32.2. The lowest BCUT2D eigenvalue weighted by molar-refractivity contribution is 0.0951. The first-order valence-corrected chi connectivity index (χ1v) is 11.8. The number of sulfone groups is 1. The van der Waals surface area contributed by atoms with Gasteiger partial charge in [0.25, 0.3) is 5.91 Å². The molecule has 0 aliphatic carbocycles. The van der Waals surface area contributed by atoms with Gasteiger partial charge in [-0.2, -0.15) is 0 Å². The SMILES string of the molecule is CS(=O)(=O)c1ccc(C(=O)NCc2ccc(CN3CCc4ccccc43)cc2)cc1. The molecule has 6 heteroatoms. The van der Waals surface area contributed by atoms with Gasteiger partial charge in [-0.25, -0.2) is 8.42 Å². The molecule has 0 fully saturated rings. The Morgan fingerprint density at radius 1 is 0.933 bits per heavy atom. The zero-order chi connectivity index (χ0) is 21.1. The minimum Gasteiger partial charge on any atom is -0.367 e. The predicted molar refractivity (Wildman–Crippen MR) is 118 cm³/mol. The van der Waals surface area contributed by atoms with Gasteiger partial charge in [0.15, 0.2) is 9.84 Å². The molecule has 0 unspecified atom stereocenters. The highest BCUT2D eigenvalue weighted by Crippen LogP contribution is 2.28. The topological polar surface area (TPSA) is 66.5 Å². The molecule has 30 heavy (non-hydrogen) atoms. The van der Waals surface area contributed by atoms with Crippen LogP contribution in [-0.4, -0.2) is 27.1 Å². The van der Waals surface area contributed by atoms with Gasteiger partial charge in [0.2, 0.25) is 0 Å². The molecule has 1 aliphatic rings. The van der Waals surface area contributed by atoms with E-state index in [4.69, 9.17) is 0 Å². The van der Waals surface area contributed by atoms with Gasteiger partial charge in [0, 0.05) is 37.1 Å². The van der Waals surface area contributed by atoms with E-state index in [-0.39, 0.29) is 10.8 Å². The lowest BCUT2D eigenvalue weighted by atomic mass is 10.1. The number of carbonyl (C=O) groups excluding carboxylic acids is 1. The average Bonchev–Trinajstić information content (AvgIpc) is 3.15. The smallest absolute Gasteiger partial charge is 0.251 e. The Kier molecular flexibility index (Phi) is 5.59. The second-order valence-corrected chi connectivity index (χ2v) is 9.61. The number of amides is 1. The quantitative estimate of drug-likeness (QED) is 0.662. The van der Waals surface area contributed by atoms with E-state index in [1.165, 1.54) is 41.1 Å². The van der Waals surface area contributed by atoms with Crippen LogP contribution in [0, 0.1) is 0 Å². The molecule has 0 saturated heterocycles. The zero-order valence-electron chi connectivity index (χ0n) is 16.8. The van der Waals surface area contributed by atoms with Crippen molar-refractivity contribution in [2.24, 2.45) is 0 Å². The third-order valence-electron chi connectivity index (χ3n) is 5.38. The number of nitrogens with one attached hydrogen (secondary N) is 1. The highest BCUT2D eigenvalue weighted by molar-refractivity contribution is 7.90. The van der Waals surface area contributed by atoms with Gasteiger partial charge in [-0.1, -0.05) is 42.5 Å². The first kappa shape index (κ1) is 20.2. The van der Waals surface area contributed by atoms with Gasteiger partial charge < -0.3 is 10.2 Å². The van der Waals surface area contributed by atoms with Crippen molar-refractivity contribution >= 4 is 21.4 Å². The largest absolute Gasteiger partial charge is 0.367 e. The number of benzene rings is 3. The molecule has 0 bridgehead atoms. The van der Waals surface area contributed by atoms with Crippen molar-refractivity contribution in [3.8, 4) is 0 Å². The average molecular weight is 421 g/mol. The van der Waals surface area contributed by atoms with Crippen LogP contribution < -0.4 is 10.2 Å². The maximum atomic E-state index is 12.3. The summed E-state index contributed by atoms with van der Waals surface area (Å²) in [7, 11) is -3.27. The maximum Gasteiger partial charge on any atom is 0.251 e. The van der Waals surface area contributed by atoms with E-state index in [1.807, 2.05) is 12.1 Å². The number of hydrogen-bond donors (Lipinski definition) is 1. The van der Waals surface area contributed by atoms with E-state index < -0.39 is 9.84 Å². The maximum absolute atomic E-state index is 12.3. The van der Waals surface area contributed by atoms with Gasteiger partial charge in [0.05, 0.1) is 4.90 Å². The molecule has 1 amide bonds. The Morgan fingerprint density at radius 3 is 2.30 bits per heavy atom. The van der Waals surface area contributed by atoms with Crippen molar-refractivity contribution in [1.29, 1.82) is 0 Å². The summed E-state index contributed by atoms with van der Waals surface area (Å²) in [5.41, 5.74) is 5.41. The number of carbonyl (C=O) groups is 1. The fraction of sp³-hybridized carbons (Fsp3) is 0.208. The van der Waals surface area contributed by atoms with E-state index in [0.29, 0.717) is 12.1 Å². The van der Waals surface area contributed by atoms with Crippen molar-refractivity contribution in [1.82, 2.24) is 5.32 Å². The number of anilines is 1. The van der Waals surface area contributed by atoms with Gasteiger partial charge in [-0.05, 0) is 53.4 Å². The van der Waals surface area contributed by atoms with E-state index >= 15 is 0 Å². The van der Waals surface area contributed by atoms with Crippen LogP contribution in [0.5, 0.6) is 0 Å². The normalized spacial score (nSPS) is 13.2. The van der Waals surface area contributed by atoms with Crippen molar-refractivity contribution in [3.63, 3.8) is 0 Å². The minimum absolute atomic E-state index is 0.204. The Balaban J connectivity index is 1.33. The summed E-state index contributed by atoms with van der Waals surface area (Å²) in [6, 6.07) is 22.8. The Labute approximate surface area is 177 Å². The van der Waals surface area contributed by atoms with Crippen LogP contribution in [0.15, 0.2) is 77.7 Å². The minimum atomic E-state index is -3.27. The first-order chi connectivity index (χ1) is 14.4. The third kappa shape index (κ3) is 4.54. The van der Waals surface area contributed by atoms with Crippen LogP contribution in [0.3, 0.4) is 0 Å². The lowest BCUT2D eigenvalue weighted by Crippen LogP contribution is -2.23. The molecule has 0 radical (unpaired) electrons. The molecule has 5 nitrogen and oxygen atoms in total. The molecule has 3 aromatic rings. The summed E-state index contributed by atoms with van der Waals surface area (Å²) in [6.45, 7) is 2.32. The molecule has 0 saturated carbocycles. The molecule has 154 valence electrons. The zero-order valence-corrected chi connectivity index (χ0v) is 17.7. The summed E-state index contributed by atoms with van der Waals surface area (Å²) in [5, 5.41) is 2.88. The number of nitrogens with zero attached hydrogens (tertiary/aromatic N) is 1. The van der Waals surface area contributed by atoms with Crippen molar-refractivity contribution in [2.45, 2.75) is 24.4 Å². The molecule has 0 atom stereocenters. The number of rotatable bonds is 6. The van der Waals surface area contributed by atoms with E-state index in [2.05, 4.69) is 46.6 Å². The number of hydrogen-bond acceptors (Lipinski definition) is 4. The first-order valence-electron chi connectivity index (χ1n) is 9.89. The molecule has 1 N–H and O–H groups in total. The van der Waals surface area contributed by atoms with Crippen LogP contribution in [0.4, 0.5) is 5.69 Å². The van der Waals surface area contributed by atoms with Crippen LogP contribution in [0.2, 0.25) is 0 Å². The van der Waals surface area contributed by atoms with Gasteiger partial charge >= 0.3 is 0 Å². The van der Waals surface area contributed by atoms with Crippen LogP contribution in [0.25, 0.3) is 0 Å². The van der Waals surface area contributed by atoms with Crippen LogP contribution in [0.1, 0.15) is 27.0 Å². The van der Waals surface area contributed by atoms with Gasteiger partial charge in [0.1, 0.15) is 0 Å². The summed E-state index contributed by atoms with van der Waals surface area (Å²) in [4.78, 5) is 14.9. The molecule has 4 rings (SSSR count). The molecule has 3 aromatic carbocycles. The summed E-state index contributed by atoms with van der Waals surface area (Å²) in [5.74, 6) is -0.229. The van der Waals surface area contributed by atoms with Gasteiger partial charge in [-0.3, -0.25) is 4.79 Å². The number of para-hydroxylation sites is 1. The summed E-state index contributed by atoms with van der Waals surface area (Å²) >= 11 is 0. The summed E-state index contributed by atoms with van der Waals surface area (Å²) in [6.07, 6.45) is 2.24. The molecule has 0 spiro atoms. The second-order valence-electron chi connectivity index (χ2n) is 7.60. The van der Waals surface area contributed by atoms with E-state index in [9.17, 15) is 13.2 Å². The van der Waals surface area contributed by atoms with Crippen LogP contribution >= 0.6 is 0 Å². The molecule has 0 aromatic heterocycles. The monoisotopic (exact) mass is 420 g/mol. The molecule has 1 aliphatic heterocycles. The Hall–Kier alpha value is -3.12. The fourth-order valence-electron chi connectivity index (χ4n) is 3.69. The third-order valence-corrected chi connectivity index (χ3v) is 6.51. The van der Waals surface area contributed by atoms with Crippen molar-refractivity contribution in [2.75, 3.05) is 17.7 Å². The number of fused-ring (bicyclic) bond motifs is 1. The van der Waals surface area contributed by atoms with E-state index in [0.717, 1.165) is 31.3 Å². The standard InChI is InChI=1S/C24H24N2O3S/c1-30(28,29)22-12-10-21(11-13-22)24(27)25-16-18-6-8-19(9-7-18)17-26-15-14-20-4-2-3-5-23(20)26/h2-13H,14-17H2,1H3,(H,25,27). The van der Waals surface area contributed by atoms with E-state index in [1.54, 1.807) is 0 Å². The predicted octanol–water partition coefficient (Wildman–Crippen LogP) is 3.58. The van der Waals surface area contributed by atoms with Gasteiger partial charge in [-0.15, -0.1) is 0 Å². The lowest BCUT2D eigenvalue weighted by Gasteiger charge is -2.19. The fourth-order valence-corrected chi connectivity index (χ4v) is 4.32. The molecular weight excluding hydrogens is 396 g/mol. The van der Waals surface area contributed by atoms with Crippen molar-refractivity contribution in [3.05, 3.63) is 95.1 Å². The second kappa shape index (κ2) is 8.32. The Morgan fingerprint density at radius 2 is 1.60 bits per heavy atom. The molecular formula is C24H24N2O3S.